The molecule has 0 aromatic heterocycles. The zero-order chi connectivity index (χ0) is 7.52. The number of hydrogen-bond donors (Lipinski definition) is 4. The fourth-order valence-electron chi connectivity index (χ4n) is 1.02. The van der Waals surface area contributed by atoms with Gasteiger partial charge in [0.2, 0.25) is 0 Å². The summed E-state index contributed by atoms with van der Waals surface area (Å²) in [6, 6.07) is 0. The second kappa shape index (κ2) is 3.74. The summed E-state index contributed by atoms with van der Waals surface area (Å²) in [6.07, 6.45) is 0. The van der Waals surface area contributed by atoms with E-state index >= 15 is 0 Å². The van der Waals surface area contributed by atoms with Crippen molar-refractivity contribution in [3.8, 4) is 0 Å². The zero-order valence-electron chi connectivity index (χ0n) is 6.18. The van der Waals surface area contributed by atoms with Crippen LogP contribution in [-0.4, -0.2) is 34.9 Å². The molecule has 0 aromatic carbocycles. The first kappa shape index (κ1) is 7.83. The molecular formula is C6H12N4Ru. The van der Waals surface area contributed by atoms with Gasteiger partial charge in [0.05, 0.1) is 0 Å². The van der Waals surface area contributed by atoms with E-state index < -0.39 is 0 Å². The second-order valence-electron chi connectivity index (χ2n) is 2.40. The molecule has 0 atom stereocenters. The molecule has 2 aliphatic heterocycles. The molecule has 0 radical (unpaired) electrons. The Morgan fingerprint density at radius 2 is 1.09 bits per heavy atom. The molecular weight excluding hydrogens is 229 g/mol. The van der Waals surface area contributed by atoms with Crippen LogP contribution in [0.2, 0.25) is 0 Å². The van der Waals surface area contributed by atoms with Gasteiger partial charge in [-0.2, -0.15) is 0 Å². The summed E-state index contributed by atoms with van der Waals surface area (Å²) in [5, 5.41) is 13.3. The Morgan fingerprint density at radius 3 is 1.45 bits per heavy atom. The van der Waals surface area contributed by atoms with Gasteiger partial charge in [0, 0.05) is 0 Å². The van der Waals surface area contributed by atoms with Crippen LogP contribution in [0.25, 0.3) is 0 Å². The molecule has 0 aliphatic carbocycles. The van der Waals surface area contributed by atoms with Gasteiger partial charge in [0.1, 0.15) is 0 Å². The average molecular weight is 241 g/mol. The summed E-state index contributed by atoms with van der Waals surface area (Å²) in [6.45, 7) is 4.32. The van der Waals surface area contributed by atoms with Crippen molar-refractivity contribution in [3.63, 3.8) is 0 Å². The predicted molar refractivity (Wildman–Crippen MR) is 42.0 cm³/mol. The molecule has 64 valence electrons. The van der Waals surface area contributed by atoms with Crippen LogP contribution in [0, 0.1) is 0 Å². The van der Waals surface area contributed by atoms with Gasteiger partial charge in [-0.3, -0.25) is 0 Å². The van der Waals surface area contributed by atoms with Crippen molar-refractivity contribution in [2.75, 3.05) is 26.2 Å². The van der Waals surface area contributed by atoms with E-state index in [2.05, 4.69) is 21.3 Å². The maximum atomic E-state index is 3.33. The fourth-order valence-corrected chi connectivity index (χ4v) is 2.93. The van der Waals surface area contributed by atoms with Crippen molar-refractivity contribution in [3.05, 3.63) is 0 Å². The Balaban J connectivity index is 2.13. The third kappa shape index (κ3) is 2.07. The van der Waals surface area contributed by atoms with Gasteiger partial charge in [0.15, 0.2) is 0 Å². The molecule has 2 heterocycles. The quantitative estimate of drug-likeness (QED) is 0.358. The van der Waals surface area contributed by atoms with Crippen LogP contribution in [0.4, 0.5) is 0 Å². The molecule has 4 N–H and O–H groups in total. The van der Waals surface area contributed by atoms with Gasteiger partial charge in [-0.25, -0.2) is 0 Å². The van der Waals surface area contributed by atoms with Crippen molar-refractivity contribution in [2.24, 2.45) is 0 Å². The Bertz CT molecular complexity index is 183. The molecule has 0 aromatic rings. The summed E-state index contributed by atoms with van der Waals surface area (Å²) in [5.41, 5.74) is 0. The second-order valence-corrected chi connectivity index (χ2v) is 4.57. The standard InChI is InChI=1S/2C3H6N2.Ru/c2*1-2-5-3-4-1;/h2*4-5H,1-2H2;. The summed E-state index contributed by atoms with van der Waals surface area (Å²) in [4.78, 5) is 0. The van der Waals surface area contributed by atoms with Gasteiger partial charge in [-0.05, 0) is 0 Å². The van der Waals surface area contributed by atoms with Crippen molar-refractivity contribution in [1.29, 1.82) is 0 Å². The maximum absolute atomic E-state index is 3.33. The number of hydrogen-bond acceptors (Lipinski definition) is 4. The van der Waals surface area contributed by atoms with E-state index in [0.717, 1.165) is 26.2 Å². The first-order valence-corrected chi connectivity index (χ1v) is 5.51. The van der Waals surface area contributed by atoms with Crippen molar-refractivity contribution >= 4 is 8.71 Å². The molecule has 0 amide bonds. The van der Waals surface area contributed by atoms with Crippen molar-refractivity contribution in [1.82, 2.24) is 21.3 Å². The van der Waals surface area contributed by atoms with Crippen LogP contribution >= 0.6 is 0 Å². The first-order chi connectivity index (χ1) is 5.45. The molecule has 2 aliphatic rings. The van der Waals surface area contributed by atoms with Gasteiger partial charge in [-0.1, -0.05) is 0 Å². The fraction of sp³-hybridized carbons (Fsp3) is 0.667. The monoisotopic (exact) mass is 242 g/mol. The molecule has 11 heavy (non-hydrogen) atoms. The zero-order valence-corrected chi connectivity index (χ0v) is 7.92. The Hall–Kier alpha value is 0.203. The van der Waals surface area contributed by atoms with Crippen LogP contribution < -0.4 is 21.3 Å². The van der Waals surface area contributed by atoms with E-state index in [1.54, 1.807) is 0 Å². The van der Waals surface area contributed by atoms with E-state index in [1.807, 2.05) is 0 Å². The topological polar surface area (TPSA) is 48.1 Å². The molecule has 5 heteroatoms. The summed E-state index contributed by atoms with van der Waals surface area (Å²) in [5.74, 6) is 0. The summed E-state index contributed by atoms with van der Waals surface area (Å²) < 4.78 is 2.66. The van der Waals surface area contributed by atoms with Gasteiger partial charge in [0.25, 0.3) is 0 Å². The van der Waals surface area contributed by atoms with Crippen LogP contribution in [0.3, 0.4) is 0 Å². The summed E-state index contributed by atoms with van der Waals surface area (Å²) >= 11 is 0.182. The van der Waals surface area contributed by atoms with E-state index in [-0.39, 0.29) is 16.2 Å². The average Bonchev–Trinajstić information content (AvgIpc) is 2.60. The molecule has 0 unspecified atom stereocenters. The van der Waals surface area contributed by atoms with Crippen LogP contribution in [0.15, 0.2) is 0 Å². The normalized spacial score (nSPS) is 25.1. The number of rotatable bonds is 0. The molecule has 2 saturated heterocycles. The van der Waals surface area contributed by atoms with E-state index in [9.17, 15) is 0 Å². The molecule has 2 fully saturated rings. The van der Waals surface area contributed by atoms with Crippen LogP contribution in [-0.2, 0) is 16.2 Å². The minimum absolute atomic E-state index is 0.182. The SMILES string of the molecule is C1CN[C](=[Ru]=[C]2NCCN2)N1. The molecule has 0 spiro atoms. The van der Waals surface area contributed by atoms with Crippen LogP contribution in [0.5, 0.6) is 0 Å². The first-order valence-electron chi connectivity index (χ1n) is 3.77. The molecule has 0 bridgehead atoms. The third-order valence-electron chi connectivity index (χ3n) is 1.53. The van der Waals surface area contributed by atoms with E-state index in [1.165, 1.54) is 8.71 Å². The van der Waals surface area contributed by atoms with Crippen molar-refractivity contribution in [2.45, 2.75) is 0 Å². The molecule has 0 saturated carbocycles. The number of nitrogens with one attached hydrogen (secondary N) is 4. The van der Waals surface area contributed by atoms with Gasteiger partial charge >= 0.3 is 72.4 Å². The van der Waals surface area contributed by atoms with Crippen molar-refractivity contribution < 1.29 is 16.2 Å². The summed E-state index contributed by atoms with van der Waals surface area (Å²) in [7, 11) is 0. The molecule has 4 nitrogen and oxygen atoms in total. The van der Waals surface area contributed by atoms with E-state index in [0.29, 0.717) is 0 Å². The van der Waals surface area contributed by atoms with E-state index in [4.69, 9.17) is 0 Å². The third-order valence-corrected chi connectivity index (χ3v) is 3.63. The van der Waals surface area contributed by atoms with Gasteiger partial charge < -0.3 is 0 Å². The van der Waals surface area contributed by atoms with Crippen LogP contribution in [0.1, 0.15) is 0 Å². The Kier molecular flexibility index (Phi) is 2.66. The minimum atomic E-state index is 0.182. The Morgan fingerprint density at radius 1 is 0.727 bits per heavy atom. The molecule has 2 rings (SSSR count). The Labute approximate surface area is 72.8 Å². The van der Waals surface area contributed by atoms with Gasteiger partial charge in [-0.15, -0.1) is 0 Å². The predicted octanol–water partition coefficient (Wildman–Crippen LogP) is -2.37.